The van der Waals surface area contributed by atoms with Crippen LogP contribution in [0.2, 0.25) is 5.02 Å². The molecule has 4 rings (SSSR count). The summed E-state index contributed by atoms with van der Waals surface area (Å²) in [4.78, 5) is 26.9. The van der Waals surface area contributed by atoms with E-state index >= 15 is 0 Å². The minimum atomic E-state index is -0.302. The van der Waals surface area contributed by atoms with E-state index in [0.717, 1.165) is 32.0 Å². The maximum Gasteiger partial charge on any atom is 0.293 e. The molecule has 33 heavy (non-hydrogen) atoms. The Labute approximate surface area is 214 Å². The molecule has 168 valence electrons. The van der Waals surface area contributed by atoms with Gasteiger partial charge in [0.05, 0.1) is 18.6 Å². The van der Waals surface area contributed by atoms with Crippen LogP contribution in [0, 0.1) is 3.57 Å². The molecule has 3 aromatic carbocycles. The Kier molecular flexibility index (Phi) is 7.62. The molecule has 1 aliphatic rings. The second kappa shape index (κ2) is 10.6. The Morgan fingerprint density at radius 3 is 2.52 bits per heavy atom. The fraction of sp³-hybridized carbons (Fsp3) is 0.120. The molecule has 1 fully saturated rings. The Hall–Kier alpha value is -2.49. The summed E-state index contributed by atoms with van der Waals surface area (Å²) in [5.74, 6) is 0.800. The van der Waals surface area contributed by atoms with E-state index < -0.39 is 0 Å². The SMILES string of the molecule is COc1cc(/C=C2\SC(=O)N(Cc3ccc(I)cc3)C2=O)ccc1OCc1cccc(Cl)c1. The molecule has 0 bridgehead atoms. The van der Waals surface area contributed by atoms with Crippen molar-refractivity contribution >= 4 is 63.2 Å². The van der Waals surface area contributed by atoms with Gasteiger partial charge in [-0.3, -0.25) is 14.5 Å². The molecular formula is C25H19ClINO4S. The number of hydrogen-bond acceptors (Lipinski definition) is 5. The molecule has 3 aromatic rings. The van der Waals surface area contributed by atoms with Crippen LogP contribution in [0.5, 0.6) is 11.5 Å². The first kappa shape index (κ1) is 23.7. The summed E-state index contributed by atoms with van der Waals surface area (Å²) in [6, 6.07) is 20.6. The normalized spacial score (nSPS) is 14.8. The molecule has 0 N–H and O–H groups in total. The summed E-state index contributed by atoms with van der Waals surface area (Å²) >= 11 is 9.18. The number of nitrogens with zero attached hydrogens (tertiary/aromatic N) is 1. The van der Waals surface area contributed by atoms with Gasteiger partial charge in [0, 0.05) is 8.59 Å². The average Bonchev–Trinajstić information content (AvgIpc) is 3.06. The lowest BCUT2D eigenvalue weighted by molar-refractivity contribution is -0.123. The van der Waals surface area contributed by atoms with E-state index in [1.165, 1.54) is 4.90 Å². The van der Waals surface area contributed by atoms with Crippen LogP contribution in [0.1, 0.15) is 16.7 Å². The van der Waals surface area contributed by atoms with E-state index in [1.807, 2.05) is 54.6 Å². The van der Waals surface area contributed by atoms with Crippen molar-refractivity contribution in [1.82, 2.24) is 4.90 Å². The van der Waals surface area contributed by atoms with Gasteiger partial charge in [-0.05, 0) is 93.5 Å². The highest BCUT2D eigenvalue weighted by atomic mass is 127. The lowest BCUT2D eigenvalue weighted by atomic mass is 10.1. The highest BCUT2D eigenvalue weighted by Gasteiger charge is 2.35. The fourth-order valence-electron chi connectivity index (χ4n) is 3.24. The van der Waals surface area contributed by atoms with Crippen molar-refractivity contribution in [2.45, 2.75) is 13.2 Å². The number of hydrogen-bond donors (Lipinski definition) is 0. The third-order valence-corrected chi connectivity index (χ3v) is 6.76. The Balaban J connectivity index is 1.48. The summed E-state index contributed by atoms with van der Waals surface area (Å²) in [7, 11) is 1.56. The van der Waals surface area contributed by atoms with E-state index in [2.05, 4.69) is 22.6 Å². The number of amides is 2. The number of benzene rings is 3. The van der Waals surface area contributed by atoms with Crippen molar-refractivity contribution in [1.29, 1.82) is 0 Å². The van der Waals surface area contributed by atoms with Gasteiger partial charge in [-0.25, -0.2) is 0 Å². The van der Waals surface area contributed by atoms with Crippen LogP contribution in [0.4, 0.5) is 4.79 Å². The smallest absolute Gasteiger partial charge is 0.293 e. The van der Waals surface area contributed by atoms with Gasteiger partial charge in [-0.1, -0.05) is 41.9 Å². The van der Waals surface area contributed by atoms with Gasteiger partial charge >= 0.3 is 0 Å². The van der Waals surface area contributed by atoms with Gasteiger partial charge in [0.1, 0.15) is 6.61 Å². The fourth-order valence-corrected chi connectivity index (χ4v) is 4.65. The molecular weight excluding hydrogens is 573 g/mol. The Morgan fingerprint density at radius 1 is 1.00 bits per heavy atom. The molecule has 0 aromatic heterocycles. The van der Waals surface area contributed by atoms with E-state index in [-0.39, 0.29) is 17.7 Å². The Bertz CT molecular complexity index is 1230. The topological polar surface area (TPSA) is 55.8 Å². The highest BCUT2D eigenvalue weighted by Crippen LogP contribution is 2.35. The summed E-state index contributed by atoms with van der Waals surface area (Å²) in [6.07, 6.45) is 1.70. The van der Waals surface area contributed by atoms with Crippen LogP contribution in [-0.2, 0) is 17.9 Å². The number of carbonyl (C=O) groups is 2. The molecule has 0 aliphatic carbocycles. The maximum atomic E-state index is 12.8. The lowest BCUT2D eigenvalue weighted by Crippen LogP contribution is -2.27. The first-order chi connectivity index (χ1) is 15.9. The van der Waals surface area contributed by atoms with Gasteiger partial charge in [0.15, 0.2) is 11.5 Å². The third kappa shape index (κ3) is 5.90. The minimum absolute atomic E-state index is 0.249. The van der Waals surface area contributed by atoms with Crippen molar-refractivity contribution in [3.8, 4) is 11.5 Å². The van der Waals surface area contributed by atoms with Crippen LogP contribution in [-0.4, -0.2) is 23.2 Å². The monoisotopic (exact) mass is 591 g/mol. The van der Waals surface area contributed by atoms with E-state index in [1.54, 1.807) is 25.3 Å². The van der Waals surface area contributed by atoms with E-state index in [0.29, 0.717) is 28.0 Å². The summed E-state index contributed by atoms with van der Waals surface area (Å²) in [5, 5.41) is 0.368. The molecule has 2 amide bonds. The molecule has 8 heteroatoms. The van der Waals surface area contributed by atoms with Crippen LogP contribution in [0.25, 0.3) is 6.08 Å². The Morgan fingerprint density at radius 2 is 1.79 bits per heavy atom. The molecule has 1 heterocycles. The number of halogens is 2. The van der Waals surface area contributed by atoms with E-state index in [4.69, 9.17) is 21.1 Å². The van der Waals surface area contributed by atoms with Crippen molar-refractivity contribution < 1.29 is 19.1 Å². The number of methoxy groups -OCH3 is 1. The van der Waals surface area contributed by atoms with Gasteiger partial charge in [0.2, 0.25) is 0 Å². The number of thioether (sulfide) groups is 1. The number of rotatable bonds is 7. The van der Waals surface area contributed by atoms with Gasteiger partial charge in [-0.15, -0.1) is 0 Å². The van der Waals surface area contributed by atoms with Crippen molar-refractivity contribution in [2.24, 2.45) is 0 Å². The minimum Gasteiger partial charge on any atom is -0.493 e. The van der Waals surface area contributed by atoms with Crippen molar-refractivity contribution in [2.75, 3.05) is 7.11 Å². The molecule has 0 atom stereocenters. The largest absolute Gasteiger partial charge is 0.493 e. The maximum absolute atomic E-state index is 12.8. The van der Waals surface area contributed by atoms with Gasteiger partial charge < -0.3 is 9.47 Å². The second-order valence-electron chi connectivity index (χ2n) is 7.22. The van der Waals surface area contributed by atoms with Crippen LogP contribution >= 0.6 is 46.0 Å². The summed E-state index contributed by atoms with van der Waals surface area (Å²) in [5.41, 5.74) is 2.58. The van der Waals surface area contributed by atoms with Crippen LogP contribution in [0.15, 0.2) is 71.6 Å². The highest BCUT2D eigenvalue weighted by molar-refractivity contribution is 14.1. The molecule has 0 unspecified atom stereocenters. The second-order valence-corrected chi connectivity index (χ2v) is 9.90. The summed E-state index contributed by atoms with van der Waals surface area (Å²) < 4.78 is 12.5. The quantitative estimate of drug-likeness (QED) is 0.224. The number of carbonyl (C=O) groups excluding carboxylic acids is 2. The lowest BCUT2D eigenvalue weighted by Gasteiger charge is -2.13. The zero-order valence-electron chi connectivity index (χ0n) is 17.6. The zero-order valence-corrected chi connectivity index (χ0v) is 21.3. The first-order valence-electron chi connectivity index (χ1n) is 9.98. The molecule has 0 saturated carbocycles. The number of imide groups is 1. The van der Waals surface area contributed by atoms with Gasteiger partial charge in [0.25, 0.3) is 11.1 Å². The predicted octanol–water partition coefficient (Wildman–Crippen LogP) is 6.77. The molecule has 5 nitrogen and oxygen atoms in total. The third-order valence-electron chi connectivity index (χ3n) is 4.90. The van der Waals surface area contributed by atoms with Crippen molar-refractivity contribution in [3.05, 3.63) is 96.9 Å². The zero-order chi connectivity index (χ0) is 23.4. The molecule has 0 radical (unpaired) electrons. The number of ether oxygens (including phenoxy) is 2. The molecule has 1 aliphatic heterocycles. The molecule has 0 spiro atoms. The van der Waals surface area contributed by atoms with Crippen molar-refractivity contribution in [3.63, 3.8) is 0 Å². The average molecular weight is 592 g/mol. The summed E-state index contributed by atoms with van der Waals surface area (Å²) in [6.45, 7) is 0.590. The van der Waals surface area contributed by atoms with E-state index in [9.17, 15) is 9.59 Å². The van der Waals surface area contributed by atoms with Gasteiger partial charge in [-0.2, -0.15) is 0 Å². The molecule has 1 saturated heterocycles. The predicted molar refractivity (Wildman–Crippen MR) is 139 cm³/mol. The first-order valence-corrected chi connectivity index (χ1v) is 12.3. The van der Waals surface area contributed by atoms with Crippen LogP contribution < -0.4 is 9.47 Å². The van der Waals surface area contributed by atoms with Crippen LogP contribution in [0.3, 0.4) is 0 Å². The standard InChI is InChI=1S/C25H19ClINO4S/c1-31-22-12-17(7-10-21(22)32-15-18-3-2-4-19(26)11-18)13-23-24(29)28(25(30)33-23)14-16-5-8-20(27)9-6-16/h2-13H,14-15H2,1H3/b23-13-.